The fourth-order valence-electron chi connectivity index (χ4n) is 6.15. The zero-order chi connectivity index (χ0) is 27.8. The minimum Gasteiger partial charge on any atom is -0.493 e. The third kappa shape index (κ3) is 4.54. The summed E-state index contributed by atoms with van der Waals surface area (Å²) >= 11 is 0. The maximum absolute atomic E-state index is 12.8. The molecule has 0 saturated carbocycles. The van der Waals surface area contributed by atoms with Crippen LogP contribution < -0.4 is 4.74 Å². The smallest absolute Gasteiger partial charge is 0.352 e. The van der Waals surface area contributed by atoms with Crippen molar-refractivity contribution in [2.45, 2.75) is 52.7 Å². The summed E-state index contributed by atoms with van der Waals surface area (Å²) < 4.78 is 16.1. The highest BCUT2D eigenvalue weighted by molar-refractivity contribution is 6.05. The number of ether oxygens (including phenoxy) is 2. The minimum absolute atomic E-state index is 0.385. The van der Waals surface area contributed by atoms with E-state index >= 15 is 0 Å². The Morgan fingerprint density at radius 1 is 1.02 bits per heavy atom. The molecule has 0 atom stereocenters. The molecule has 7 nitrogen and oxygen atoms in total. The summed E-state index contributed by atoms with van der Waals surface area (Å²) in [6, 6.07) is 18.5. The van der Waals surface area contributed by atoms with Crippen LogP contribution in [0.2, 0.25) is 0 Å². The van der Waals surface area contributed by atoms with Gasteiger partial charge in [-0.05, 0) is 62.1 Å². The molecular weight excluding hydrogens is 502 g/mol. The molecule has 0 unspecified atom stereocenters. The van der Waals surface area contributed by atoms with Crippen LogP contribution in [-0.2, 0) is 31.4 Å². The largest absolute Gasteiger partial charge is 0.493 e. The number of rotatable bonds is 6. The van der Waals surface area contributed by atoms with Crippen LogP contribution in [0.5, 0.6) is 5.75 Å². The Morgan fingerprint density at radius 2 is 1.85 bits per heavy atom. The Hall–Kier alpha value is -4.10. The van der Waals surface area contributed by atoms with Gasteiger partial charge in [0.15, 0.2) is 0 Å². The van der Waals surface area contributed by atoms with Crippen molar-refractivity contribution < 1.29 is 19.4 Å². The van der Waals surface area contributed by atoms with Gasteiger partial charge in [-0.2, -0.15) is 5.10 Å². The number of aromatic carboxylic acids is 1. The first kappa shape index (κ1) is 26.1. The van der Waals surface area contributed by atoms with E-state index in [1.807, 2.05) is 40.6 Å². The number of nitrogens with zero attached hydrogens (tertiary/aromatic N) is 3. The van der Waals surface area contributed by atoms with E-state index in [0.29, 0.717) is 44.9 Å². The van der Waals surface area contributed by atoms with Crippen molar-refractivity contribution in [2.75, 3.05) is 13.2 Å². The van der Waals surface area contributed by atoms with E-state index in [2.05, 4.69) is 44.2 Å². The summed E-state index contributed by atoms with van der Waals surface area (Å²) in [7, 11) is 1.95. The molecule has 206 valence electrons. The maximum atomic E-state index is 12.8. The minimum atomic E-state index is -0.890. The molecule has 0 amide bonds. The van der Waals surface area contributed by atoms with E-state index in [9.17, 15) is 9.90 Å². The maximum Gasteiger partial charge on any atom is 0.352 e. The number of hydrogen-bond acceptors (Lipinski definition) is 4. The number of aryl methyl sites for hydroxylation is 4. The molecule has 7 heteroatoms. The Labute approximate surface area is 233 Å². The van der Waals surface area contributed by atoms with Gasteiger partial charge in [-0.3, -0.25) is 4.68 Å². The second-order valence-electron chi connectivity index (χ2n) is 10.7. The van der Waals surface area contributed by atoms with E-state index < -0.39 is 5.97 Å². The molecule has 1 aliphatic heterocycles. The van der Waals surface area contributed by atoms with Crippen LogP contribution in [0, 0.1) is 13.8 Å². The quantitative estimate of drug-likeness (QED) is 0.240. The Bertz CT molecular complexity index is 1720. The number of aromatic nitrogens is 3. The van der Waals surface area contributed by atoms with Crippen LogP contribution in [0.3, 0.4) is 0 Å². The third-order valence-electron chi connectivity index (χ3n) is 8.13. The molecule has 0 spiro atoms. The standard InChI is InChI=1S/C33H35N3O4/c1-21-15-16-26-25(13-9-19-40-28-14-8-11-23-10-4-5-12-24(23)28)32(33(37)38)36-17-6-7-18-39-20-27-30(29(21)31(26)36)22(2)35(3)34-27/h4-5,8,10-12,14-16H,6-7,9,13,17-20H2,1-3H3,(H,37,38). The monoisotopic (exact) mass is 537 g/mol. The summed E-state index contributed by atoms with van der Waals surface area (Å²) in [5.74, 6) is -0.0350. The van der Waals surface area contributed by atoms with E-state index in [0.717, 1.165) is 73.9 Å². The van der Waals surface area contributed by atoms with Crippen LogP contribution in [0.15, 0.2) is 54.6 Å². The topological polar surface area (TPSA) is 78.5 Å². The van der Waals surface area contributed by atoms with Gasteiger partial charge in [0, 0.05) is 47.8 Å². The van der Waals surface area contributed by atoms with Crippen molar-refractivity contribution in [1.82, 2.24) is 14.3 Å². The predicted molar refractivity (Wildman–Crippen MR) is 157 cm³/mol. The van der Waals surface area contributed by atoms with Gasteiger partial charge in [-0.25, -0.2) is 4.79 Å². The van der Waals surface area contributed by atoms with Gasteiger partial charge >= 0.3 is 5.97 Å². The molecule has 0 bridgehead atoms. The molecule has 6 rings (SSSR count). The molecule has 1 N–H and O–H groups in total. The molecule has 3 aromatic carbocycles. The van der Waals surface area contributed by atoms with Gasteiger partial charge < -0.3 is 19.1 Å². The molecule has 0 aliphatic carbocycles. The summed E-state index contributed by atoms with van der Waals surface area (Å²) in [4.78, 5) is 12.8. The molecule has 2 aromatic heterocycles. The Balaban J connectivity index is 1.42. The molecular formula is C33H35N3O4. The van der Waals surface area contributed by atoms with Crippen molar-refractivity contribution in [3.8, 4) is 16.9 Å². The zero-order valence-corrected chi connectivity index (χ0v) is 23.4. The van der Waals surface area contributed by atoms with Crippen molar-refractivity contribution in [3.05, 3.63) is 82.8 Å². The van der Waals surface area contributed by atoms with Crippen LogP contribution in [0.25, 0.3) is 32.8 Å². The zero-order valence-electron chi connectivity index (χ0n) is 23.4. The summed E-state index contributed by atoms with van der Waals surface area (Å²) in [5.41, 5.74) is 7.40. The van der Waals surface area contributed by atoms with E-state index in [1.54, 1.807) is 0 Å². The fourth-order valence-corrected chi connectivity index (χ4v) is 6.15. The molecule has 3 heterocycles. The van der Waals surface area contributed by atoms with Gasteiger partial charge in [-0.1, -0.05) is 48.5 Å². The summed E-state index contributed by atoms with van der Waals surface area (Å²) in [6.07, 6.45) is 3.01. The first-order valence-corrected chi connectivity index (χ1v) is 14.0. The lowest BCUT2D eigenvalue weighted by Crippen LogP contribution is -2.12. The van der Waals surface area contributed by atoms with Crippen molar-refractivity contribution >= 4 is 27.6 Å². The normalized spacial score (nSPS) is 13.8. The second-order valence-corrected chi connectivity index (χ2v) is 10.7. The molecule has 40 heavy (non-hydrogen) atoms. The van der Waals surface area contributed by atoms with Crippen molar-refractivity contribution in [2.24, 2.45) is 7.05 Å². The van der Waals surface area contributed by atoms with Crippen LogP contribution in [0.4, 0.5) is 0 Å². The van der Waals surface area contributed by atoms with Crippen LogP contribution in [-0.4, -0.2) is 38.6 Å². The number of hydrogen-bond donors (Lipinski definition) is 1. The number of carboxylic acids is 1. The predicted octanol–water partition coefficient (Wildman–Crippen LogP) is 6.83. The average Bonchev–Trinajstić information content (AvgIpc) is 3.40. The van der Waals surface area contributed by atoms with Crippen molar-refractivity contribution in [1.29, 1.82) is 0 Å². The highest BCUT2D eigenvalue weighted by atomic mass is 16.5. The lowest BCUT2D eigenvalue weighted by Gasteiger charge is -2.14. The van der Waals surface area contributed by atoms with Crippen molar-refractivity contribution in [3.63, 3.8) is 0 Å². The third-order valence-corrected chi connectivity index (χ3v) is 8.13. The molecule has 5 aromatic rings. The number of carbonyl (C=O) groups is 1. The first-order valence-electron chi connectivity index (χ1n) is 14.0. The average molecular weight is 538 g/mol. The lowest BCUT2D eigenvalue weighted by molar-refractivity contribution is 0.0683. The summed E-state index contributed by atoms with van der Waals surface area (Å²) in [5, 5.41) is 18.5. The second kappa shape index (κ2) is 10.8. The number of carboxylic acid groups (broad SMARTS) is 1. The first-order chi connectivity index (χ1) is 19.5. The van der Waals surface area contributed by atoms with Gasteiger partial charge in [0.1, 0.15) is 11.4 Å². The summed E-state index contributed by atoms with van der Waals surface area (Å²) in [6.45, 7) is 6.36. The van der Waals surface area contributed by atoms with Gasteiger partial charge in [0.25, 0.3) is 0 Å². The Kier molecular flexibility index (Phi) is 7.07. The van der Waals surface area contributed by atoms with E-state index in [4.69, 9.17) is 14.6 Å². The van der Waals surface area contributed by atoms with Crippen LogP contribution in [0.1, 0.15) is 52.3 Å². The van der Waals surface area contributed by atoms with Gasteiger partial charge in [-0.15, -0.1) is 0 Å². The number of benzene rings is 3. The number of fused-ring (bicyclic) bond motifs is 3. The highest BCUT2D eigenvalue weighted by Gasteiger charge is 2.28. The van der Waals surface area contributed by atoms with Gasteiger partial charge in [0.2, 0.25) is 0 Å². The fraction of sp³-hybridized carbons (Fsp3) is 0.333. The molecule has 0 fully saturated rings. The Morgan fingerprint density at radius 3 is 2.70 bits per heavy atom. The SMILES string of the molecule is Cc1ccc2c(CCCOc3cccc4ccccc34)c(C(=O)O)n3c2c1-c1c(nn(C)c1C)COCCCC3. The molecule has 1 aliphatic rings. The highest BCUT2D eigenvalue weighted by Crippen LogP contribution is 2.40. The van der Waals surface area contributed by atoms with Crippen LogP contribution >= 0.6 is 0 Å². The van der Waals surface area contributed by atoms with E-state index in [-0.39, 0.29) is 0 Å². The lowest BCUT2D eigenvalue weighted by atomic mass is 9.94. The molecule has 0 saturated heterocycles. The molecule has 0 radical (unpaired) electrons. The van der Waals surface area contributed by atoms with E-state index in [1.165, 1.54) is 0 Å². The van der Waals surface area contributed by atoms with Gasteiger partial charge in [0.05, 0.1) is 24.4 Å².